The molecule has 5 heteroatoms. The van der Waals surface area contributed by atoms with E-state index in [4.69, 9.17) is 5.73 Å². The third kappa shape index (κ3) is 2.18. The van der Waals surface area contributed by atoms with E-state index >= 15 is 0 Å². The zero-order chi connectivity index (χ0) is 14.3. The number of likely N-dealkylation sites (N-methyl/N-ethyl adjacent to an activating group) is 1. The molecule has 0 spiro atoms. The third-order valence-electron chi connectivity index (χ3n) is 4.30. The molecular formula is C15H21N5. The Bertz CT molecular complexity index is 615. The summed E-state index contributed by atoms with van der Waals surface area (Å²) in [6.07, 6.45) is 1.64. The van der Waals surface area contributed by atoms with Crippen molar-refractivity contribution in [3.63, 3.8) is 0 Å². The first kappa shape index (κ1) is 13.1. The molecule has 2 unspecified atom stereocenters. The lowest BCUT2D eigenvalue weighted by atomic mass is 10.1. The second kappa shape index (κ2) is 4.90. The summed E-state index contributed by atoms with van der Waals surface area (Å²) in [6, 6.07) is 6.82. The van der Waals surface area contributed by atoms with Crippen molar-refractivity contribution < 1.29 is 0 Å². The largest absolute Gasteiger partial charge is 0.399 e. The number of rotatable bonds is 1. The molecule has 5 nitrogen and oxygen atoms in total. The molecule has 106 valence electrons. The van der Waals surface area contributed by atoms with E-state index in [2.05, 4.69) is 40.7 Å². The van der Waals surface area contributed by atoms with Crippen LogP contribution in [0.2, 0.25) is 0 Å². The van der Waals surface area contributed by atoms with E-state index in [-0.39, 0.29) is 0 Å². The second-order valence-electron chi connectivity index (χ2n) is 5.74. The van der Waals surface area contributed by atoms with Crippen LogP contribution in [-0.2, 0) is 0 Å². The van der Waals surface area contributed by atoms with Crippen molar-refractivity contribution in [3.8, 4) is 0 Å². The number of nitrogens with two attached hydrogens (primary N) is 1. The molecule has 0 amide bonds. The minimum absolute atomic E-state index is 0.504. The Morgan fingerprint density at radius 3 is 2.55 bits per heavy atom. The molecule has 1 aromatic heterocycles. The van der Waals surface area contributed by atoms with Crippen LogP contribution in [-0.4, -0.2) is 47.1 Å². The van der Waals surface area contributed by atoms with Crippen LogP contribution < -0.4 is 10.6 Å². The molecule has 1 fully saturated rings. The van der Waals surface area contributed by atoms with Gasteiger partial charge in [-0.25, -0.2) is 9.97 Å². The number of hydrogen-bond acceptors (Lipinski definition) is 5. The highest BCUT2D eigenvalue weighted by Crippen LogP contribution is 2.27. The minimum atomic E-state index is 0.504. The maximum Gasteiger partial charge on any atom is 0.140 e. The van der Waals surface area contributed by atoms with Crippen LogP contribution in [0, 0.1) is 0 Å². The van der Waals surface area contributed by atoms with Gasteiger partial charge in [0.1, 0.15) is 12.1 Å². The zero-order valence-electron chi connectivity index (χ0n) is 12.2. The lowest BCUT2D eigenvalue weighted by Gasteiger charge is -2.43. The molecule has 1 saturated heterocycles. The van der Waals surface area contributed by atoms with Gasteiger partial charge in [0, 0.05) is 36.2 Å². The topological polar surface area (TPSA) is 58.3 Å². The highest BCUT2D eigenvalue weighted by molar-refractivity contribution is 5.91. The van der Waals surface area contributed by atoms with Crippen molar-refractivity contribution in [2.24, 2.45) is 0 Å². The average molecular weight is 271 g/mol. The molecule has 0 bridgehead atoms. The average Bonchev–Trinajstić information content (AvgIpc) is 2.43. The number of piperazine rings is 1. The van der Waals surface area contributed by atoms with E-state index in [1.165, 1.54) is 0 Å². The third-order valence-corrected chi connectivity index (χ3v) is 4.30. The fourth-order valence-corrected chi connectivity index (χ4v) is 2.89. The Kier molecular flexibility index (Phi) is 3.22. The van der Waals surface area contributed by atoms with Gasteiger partial charge in [0.15, 0.2) is 0 Å². The summed E-state index contributed by atoms with van der Waals surface area (Å²) in [7, 11) is 2.18. The maximum atomic E-state index is 5.92. The van der Waals surface area contributed by atoms with E-state index < -0.39 is 0 Å². The van der Waals surface area contributed by atoms with Crippen molar-refractivity contribution >= 4 is 22.4 Å². The summed E-state index contributed by atoms with van der Waals surface area (Å²) in [5.41, 5.74) is 7.62. The van der Waals surface area contributed by atoms with Crippen LogP contribution in [0.4, 0.5) is 11.5 Å². The quantitative estimate of drug-likeness (QED) is 0.801. The van der Waals surface area contributed by atoms with Gasteiger partial charge in [-0.05, 0) is 39.1 Å². The molecule has 3 rings (SSSR count). The van der Waals surface area contributed by atoms with Crippen molar-refractivity contribution in [3.05, 3.63) is 24.5 Å². The Balaban J connectivity index is 2.04. The van der Waals surface area contributed by atoms with Crippen LogP contribution in [0.15, 0.2) is 24.5 Å². The predicted octanol–water partition coefficient (Wildman–Crippen LogP) is 1.74. The molecule has 1 aliphatic heterocycles. The van der Waals surface area contributed by atoms with Gasteiger partial charge in [0.05, 0.1) is 5.52 Å². The summed E-state index contributed by atoms with van der Waals surface area (Å²) in [5.74, 6) is 0.995. The van der Waals surface area contributed by atoms with E-state index in [9.17, 15) is 0 Å². The van der Waals surface area contributed by atoms with Crippen LogP contribution in [0.25, 0.3) is 10.9 Å². The number of benzene rings is 1. The molecule has 20 heavy (non-hydrogen) atoms. The van der Waals surface area contributed by atoms with E-state index in [0.29, 0.717) is 12.1 Å². The molecule has 1 aromatic carbocycles. The number of fused-ring (bicyclic) bond motifs is 1. The van der Waals surface area contributed by atoms with Gasteiger partial charge in [0.25, 0.3) is 0 Å². The smallest absolute Gasteiger partial charge is 0.140 e. The number of nitrogen functional groups attached to an aromatic ring is 1. The second-order valence-corrected chi connectivity index (χ2v) is 5.74. The van der Waals surface area contributed by atoms with Gasteiger partial charge in [-0.15, -0.1) is 0 Å². The molecule has 2 atom stereocenters. The summed E-state index contributed by atoms with van der Waals surface area (Å²) >= 11 is 0. The molecule has 0 aliphatic carbocycles. The summed E-state index contributed by atoms with van der Waals surface area (Å²) < 4.78 is 0. The molecule has 2 N–H and O–H groups in total. The van der Waals surface area contributed by atoms with Gasteiger partial charge in [-0.2, -0.15) is 0 Å². The fourth-order valence-electron chi connectivity index (χ4n) is 2.89. The highest BCUT2D eigenvalue weighted by Gasteiger charge is 2.28. The first-order valence-corrected chi connectivity index (χ1v) is 7.03. The molecule has 2 aromatic rings. The molecule has 2 heterocycles. The highest BCUT2D eigenvalue weighted by atomic mass is 15.3. The first-order chi connectivity index (χ1) is 9.56. The van der Waals surface area contributed by atoms with Crippen LogP contribution in [0.5, 0.6) is 0 Å². The summed E-state index contributed by atoms with van der Waals surface area (Å²) in [5, 5.41) is 1.04. The Morgan fingerprint density at radius 2 is 1.85 bits per heavy atom. The van der Waals surface area contributed by atoms with Gasteiger partial charge in [-0.1, -0.05) is 0 Å². The van der Waals surface area contributed by atoms with E-state index in [0.717, 1.165) is 35.5 Å². The van der Waals surface area contributed by atoms with Gasteiger partial charge in [0.2, 0.25) is 0 Å². The fraction of sp³-hybridized carbons (Fsp3) is 0.467. The van der Waals surface area contributed by atoms with Crippen molar-refractivity contribution in [2.75, 3.05) is 30.8 Å². The van der Waals surface area contributed by atoms with Crippen molar-refractivity contribution in [1.82, 2.24) is 14.9 Å². The minimum Gasteiger partial charge on any atom is -0.399 e. The van der Waals surface area contributed by atoms with Crippen LogP contribution in [0.3, 0.4) is 0 Å². The van der Waals surface area contributed by atoms with Gasteiger partial charge in [-0.3, -0.25) is 4.90 Å². The standard InChI is InChI=1S/C15H21N5/c1-10-7-20(8-11(2)19(10)3)15-13-6-12(16)4-5-14(13)17-9-18-15/h4-6,9-11H,7-8,16H2,1-3H3. The van der Waals surface area contributed by atoms with E-state index in [1.54, 1.807) is 6.33 Å². The number of hydrogen-bond donors (Lipinski definition) is 1. The van der Waals surface area contributed by atoms with Crippen LogP contribution in [0.1, 0.15) is 13.8 Å². The monoisotopic (exact) mass is 271 g/mol. The number of nitrogens with zero attached hydrogens (tertiary/aromatic N) is 4. The van der Waals surface area contributed by atoms with E-state index in [1.807, 2.05) is 18.2 Å². The maximum absolute atomic E-state index is 5.92. The lowest BCUT2D eigenvalue weighted by Crippen LogP contribution is -2.55. The number of anilines is 2. The van der Waals surface area contributed by atoms with Crippen molar-refractivity contribution in [1.29, 1.82) is 0 Å². The normalized spacial score (nSPS) is 24.2. The van der Waals surface area contributed by atoms with Gasteiger partial charge >= 0.3 is 0 Å². The first-order valence-electron chi connectivity index (χ1n) is 7.03. The predicted molar refractivity (Wildman–Crippen MR) is 82.9 cm³/mol. The Labute approximate surface area is 119 Å². The lowest BCUT2D eigenvalue weighted by molar-refractivity contribution is 0.170. The molecule has 0 radical (unpaired) electrons. The van der Waals surface area contributed by atoms with Crippen molar-refractivity contribution in [2.45, 2.75) is 25.9 Å². The van der Waals surface area contributed by atoms with Gasteiger partial charge < -0.3 is 10.6 Å². The molecule has 1 aliphatic rings. The Hall–Kier alpha value is -1.88. The van der Waals surface area contributed by atoms with Crippen LogP contribution >= 0.6 is 0 Å². The summed E-state index contributed by atoms with van der Waals surface area (Å²) in [6.45, 7) is 6.45. The molecular weight excluding hydrogens is 250 g/mol. The molecule has 0 saturated carbocycles. The number of aromatic nitrogens is 2. The summed E-state index contributed by atoms with van der Waals surface area (Å²) in [4.78, 5) is 13.6. The SMILES string of the molecule is CC1CN(c2ncnc3ccc(N)cc23)CC(C)N1C. The Morgan fingerprint density at radius 1 is 1.15 bits per heavy atom. The zero-order valence-corrected chi connectivity index (χ0v) is 12.2.